The summed E-state index contributed by atoms with van der Waals surface area (Å²) in [7, 11) is 0. The van der Waals surface area contributed by atoms with Gasteiger partial charge in [-0.1, -0.05) is 24.3 Å². The summed E-state index contributed by atoms with van der Waals surface area (Å²) >= 11 is 0. The standard InChI is InChI=1S/C12H8F7NO/c13-10(14,11(15,16)12(17,18)19)9(6-20-9)8-3-1-7(5-21)2-4-8/h1-4,6,21H,5H2. The van der Waals surface area contributed by atoms with Gasteiger partial charge >= 0.3 is 18.0 Å². The van der Waals surface area contributed by atoms with Crippen LogP contribution in [0.2, 0.25) is 0 Å². The fraction of sp³-hybridized carbons (Fsp3) is 0.417. The molecule has 0 radical (unpaired) electrons. The van der Waals surface area contributed by atoms with Crippen LogP contribution in [0, 0.1) is 0 Å². The number of benzene rings is 1. The Bertz CT molecular complexity index is 556. The van der Waals surface area contributed by atoms with E-state index >= 15 is 0 Å². The highest BCUT2D eigenvalue weighted by atomic mass is 19.4. The Morgan fingerprint density at radius 3 is 1.76 bits per heavy atom. The lowest BCUT2D eigenvalue weighted by molar-refractivity contribution is -0.361. The number of aliphatic hydroxyl groups excluding tert-OH is 1. The van der Waals surface area contributed by atoms with Gasteiger partial charge in [-0.15, -0.1) is 0 Å². The summed E-state index contributed by atoms with van der Waals surface area (Å²) in [5.74, 6) is -11.7. The number of hydrogen-bond donors (Lipinski definition) is 1. The number of hydrogen-bond acceptors (Lipinski definition) is 2. The molecule has 1 N–H and O–H groups in total. The third kappa shape index (κ3) is 2.10. The molecule has 1 aromatic carbocycles. The number of aliphatic hydroxyl groups is 1. The summed E-state index contributed by atoms with van der Waals surface area (Å²) in [4.78, 5) is 2.99. The van der Waals surface area contributed by atoms with Crippen LogP contribution in [0.25, 0.3) is 0 Å². The summed E-state index contributed by atoms with van der Waals surface area (Å²) in [6.07, 6.45) is -6.04. The van der Waals surface area contributed by atoms with Gasteiger partial charge in [-0.2, -0.15) is 30.7 Å². The lowest BCUT2D eigenvalue weighted by Gasteiger charge is -2.33. The molecule has 116 valence electrons. The van der Waals surface area contributed by atoms with Crippen LogP contribution in [0.1, 0.15) is 11.1 Å². The number of rotatable bonds is 4. The van der Waals surface area contributed by atoms with Gasteiger partial charge in [0.25, 0.3) is 0 Å². The van der Waals surface area contributed by atoms with Gasteiger partial charge in [-0.25, -0.2) is 0 Å². The monoisotopic (exact) mass is 315 g/mol. The molecule has 0 saturated heterocycles. The zero-order valence-electron chi connectivity index (χ0n) is 10.1. The van der Waals surface area contributed by atoms with Gasteiger partial charge in [0.2, 0.25) is 0 Å². The minimum absolute atomic E-state index is 0.292. The lowest BCUT2D eigenvalue weighted by atomic mass is 9.86. The van der Waals surface area contributed by atoms with E-state index in [-0.39, 0.29) is 0 Å². The number of nitrogens with zero attached hydrogens (tertiary/aromatic N) is 1. The Hall–Kier alpha value is -1.64. The van der Waals surface area contributed by atoms with Gasteiger partial charge in [0.1, 0.15) is 0 Å². The summed E-state index contributed by atoms with van der Waals surface area (Å²) in [6.45, 7) is -0.427. The number of aliphatic imine (C=N–C) groups is 1. The second kappa shape index (κ2) is 4.43. The predicted molar refractivity (Wildman–Crippen MR) is 58.5 cm³/mol. The molecule has 9 heteroatoms. The highest BCUT2D eigenvalue weighted by Crippen LogP contribution is 2.58. The van der Waals surface area contributed by atoms with E-state index in [0.717, 1.165) is 24.3 Å². The van der Waals surface area contributed by atoms with Crippen molar-refractivity contribution in [1.82, 2.24) is 0 Å². The zero-order chi connectivity index (χ0) is 16.1. The molecule has 0 bridgehead atoms. The average Bonchev–Trinajstić information content (AvgIpc) is 3.19. The summed E-state index contributed by atoms with van der Waals surface area (Å²) in [6, 6.07) is 4.14. The lowest BCUT2D eigenvalue weighted by Crippen LogP contribution is -2.59. The van der Waals surface area contributed by atoms with E-state index in [4.69, 9.17) is 5.11 Å². The highest BCUT2D eigenvalue weighted by molar-refractivity contribution is 5.88. The van der Waals surface area contributed by atoms with Crippen LogP contribution in [0.5, 0.6) is 0 Å². The Morgan fingerprint density at radius 2 is 1.43 bits per heavy atom. The van der Waals surface area contributed by atoms with Crippen LogP contribution < -0.4 is 0 Å². The summed E-state index contributed by atoms with van der Waals surface area (Å²) < 4.78 is 90.3. The van der Waals surface area contributed by atoms with Crippen molar-refractivity contribution >= 4 is 6.21 Å². The van der Waals surface area contributed by atoms with Gasteiger partial charge in [-0.05, 0) is 11.1 Å². The van der Waals surface area contributed by atoms with Crippen LogP contribution in [0.15, 0.2) is 29.3 Å². The topological polar surface area (TPSA) is 32.6 Å². The van der Waals surface area contributed by atoms with Crippen molar-refractivity contribution in [3.05, 3.63) is 35.4 Å². The Morgan fingerprint density at radius 1 is 0.952 bits per heavy atom. The van der Waals surface area contributed by atoms with Crippen LogP contribution in [0.3, 0.4) is 0 Å². The molecule has 0 saturated carbocycles. The van der Waals surface area contributed by atoms with Crippen LogP contribution in [-0.2, 0) is 12.1 Å². The second-order valence-corrected chi connectivity index (χ2v) is 4.53. The van der Waals surface area contributed by atoms with Crippen molar-refractivity contribution in [2.24, 2.45) is 4.99 Å². The second-order valence-electron chi connectivity index (χ2n) is 4.53. The van der Waals surface area contributed by atoms with E-state index < -0.39 is 35.7 Å². The Balaban J connectivity index is 2.43. The summed E-state index contributed by atoms with van der Waals surface area (Å²) in [5, 5.41) is 8.79. The molecule has 21 heavy (non-hydrogen) atoms. The van der Waals surface area contributed by atoms with Crippen molar-refractivity contribution in [1.29, 1.82) is 0 Å². The van der Waals surface area contributed by atoms with Gasteiger partial charge < -0.3 is 5.11 Å². The van der Waals surface area contributed by atoms with E-state index in [9.17, 15) is 30.7 Å². The largest absolute Gasteiger partial charge is 0.460 e. The van der Waals surface area contributed by atoms with E-state index in [0.29, 0.717) is 11.8 Å². The predicted octanol–water partition coefficient (Wildman–Crippen LogP) is 3.29. The first-order chi connectivity index (χ1) is 9.49. The van der Waals surface area contributed by atoms with E-state index in [1.54, 1.807) is 0 Å². The average molecular weight is 315 g/mol. The minimum Gasteiger partial charge on any atom is -0.392 e. The molecule has 2 nitrogen and oxygen atoms in total. The normalized spacial score (nSPS) is 22.5. The quantitative estimate of drug-likeness (QED) is 0.850. The summed E-state index contributed by atoms with van der Waals surface area (Å²) in [5.41, 5.74) is -3.23. The van der Waals surface area contributed by atoms with Crippen molar-refractivity contribution in [3.8, 4) is 0 Å². The molecule has 0 fully saturated rings. The van der Waals surface area contributed by atoms with Crippen LogP contribution >= 0.6 is 0 Å². The van der Waals surface area contributed by atoms with Crippen molar-refractivity contribution < 1.29 is 35.8 Å². The van der Waals surface area contributed by atoms with Crippen molar-refractivity contribution in [2.45, 2.75) is 30.2 Å². The molecule has 0 amide bonds. The molecule has 1 aliphatic rings. The first kappa shape index (κ1) is 15.7. The zero-order valence-corrected chi connectivity index (χ0v) is 10.1. The fourth-order valence-electron chi connectivity index (χ4n) is 1.84. The molecule has 1 heterocycles. The third-order valence-corrected chi connectivity index (χ3v) is 3.19. The molecular formula is C12H8F7NO. The molecule has 1 unspecified atom stereocenters. The number of alkyl halides is 7. The number of halogens is 7. The first-order valence-corrected chi connectivity index (χ1v) is 5.58. The minimum atomic E-state index is -6.40. The van der Waals surface area contributed by atoms with Crippen molar-refractivity contribution in [2.75, 3.05) is 0 Å². The molecule has 0 aliphatic carbocycles. The SMILES string of the molecule is OCc1ccc(C2(C(F)(F)C(F)(F)C(F)(F)F)C=N2)cc1. The molecule has 0 spiro atoms. The van der Waals surface area contributed by atoms with E-state index in [1.807, 2.05) is 0 Å². The fourth-order valence-corrected chi connectivity index (χ4v) is 1.84. The van der Waals surface area contributed by atoms with Gasteiger partial charge in [0, 0.05) is 6.21 Å². The smallest absolute Gasteiger partial charge is 0.392 e. The Labute approximate surface area is 113 Å². The first-order valence-electron chi connectivity index (χ1n) is 5.58. The molecule has 1 atom stereocenters. The maximum absolute atomic E-state index is 13.8. The molecular weight excluding hydrogens is 307 g/mol. The van der Waals surface area contributed by atoms with E-state index in [1.165, 1.54) is 0 Å². The Kier molecular flexibility index (Phi) is 3.32. The van der Waals surface area contributed by atoms with Crippen molar-refractivity contribution in [3.63, 3.8) is 0 Å². The van der Waals surface area contributed by atoms with Gasteiger partial charge in [0.05, 0.1) is 6.61 Å². The van der Waals surface area contributed by atoms with Gasteiger partial charge in [-0.3, -0.25) is 4.99 Å². The van der Waals surface area contributed by atoms with E-state index in [2.05, 4.69) is 4.99 Å². The van der Waals surface area contributed by atoms with Crippen LogP contribution in [-0.4, -0.2) is 29.3 Å². The van der Waals surface area contributed by atoms with Gasteiger partial charge in [0.15, 0.2) is 5.54 Å². The van der Waals surface area contributed by atoms with Crippen LogP contribution in [0.4, 0.5) is 30.7 Å². The molecule has 1 aliphatic heterocycles. The third-order valence-electron chi connectivity index (χ3n) is 3.19. The maximum Gasteiger partial charge on any atom is 0.460 e. The molecule has 0 aromatic heterocycles. The molecule has 1 aromatic rings. The highest BCUT2D eigenvalue weighted by Gasteiger charge is 2.82. The molecule has 2 rings (SSSR count). The maximum atomic E-state index is 13.8.